The number of carbonyl (C=O) groups is 5. The molecule has 166 valence electrons. The van der Waals surface area contributed by atoms with Crippen LogP contribution in [0, 0.1) is 0 Å². The molecule has 9 nitrogen and oxygen atoms in total. The van der Waals surface area contributed by atoms with Crippen LogP contribution in [0.15, 0.2) is 54.6 Å². The summed E-state index contributed by atoms with van der Waals surface area (Å²) in [6.07, 6.45) is 0.490. The largest absolute Gasteiger partial charge is 0.354 e. The molecule has 1 aliphatic rings. The molecule has 1 heterocycles. The summed E-state index contributed by atoms with van der Waals surface area (Å²) in [6, 6.07) is 15.2. The van der Waals surface area contributed by atoms with Crippen LogP contribution in [0.25, 0.3) is 0 Å². The van der Waals surface area contributed by atoms with Crippen molar-refractivity contribution in [1.82, 2.24) is 20.9 Å². The Balaban J connectivity index is 1.27. The first-order valence-electron chi connectivity index (χ1n) is 10.3. The van der Waals surface area contributed by atoms with E-state index in [1.807, 2.05) is 0 Å². The molecule has 0 unspecified atom stereocenters. The average molecular weight is 436 g/mol. The van der Waals surface area contributed by atoms with Gasteiger partial charge in [-0.1, -0.05) is 30.3 Å². The number of rotatable bonds is 10. The fourth-order valence-corrected chi connectivity index (χ4v) is 3.25. The molecule has 1 aliphatic heterocycles. The quantitative estimate of drug-likeness (QED) is 0.374. The Kier molecular flexibility index (Phi) is 7.69. The fourth-order valence-electron chi connectivity index (χ4n) is 3.25. The van der Waals surface area contributed by atoms with Crippen molar-refractivity contribution in [2.24, 2.45) is 0 Å². The SMILES string of the molecule is O=C(CCCN1C(=O)c2ccccc2C1=O)NCCNC(=O)CNC(=O)c1ccccc1. The predicted molar refractivity (Wildman–Crippen MR) is 116 cm³/mol. The molecular formula is C23H24N4O5. The van der Waals surface area contributed by atoms with Crippen LogP contribution in [-0.4, -0.2) is 60.6 Å². The highest BCUT2D eigenvalue weighted by molar-refractivity contribution is 6.21. The molecule has 0 radical (unpaired) electrons. The molecule has 2 aromatic carbocycles. The van der Waals surface area contributed by atoms with Crippen LogP contribution in [0.4, 0.5) is 0 Å². The minimum absolute atomic E-state index is 0.147. The molecule has 0 fully saturated rings. The van der Waals surface area contributed by atoms with Gasteiger partial charge in [0.1, 0.15) is 0 Å². The van der Waals surface area contributed by atoms with Gasteiger partial charge in [-0.25, -0.2) is 0 Å². The molecule has 0 aromatic heterocycles. The Hall–Kier alpha value is -4.01. The lowest BCUT2D eigenvalue weighted by Gasteiger charge is -2.13. The van der Waals surface area contributed by atoms with Gasteiger partial charge < -0.3 is 16.0 Å². The van der Waals surface area contributed by atoms with E-state index < -0.39 is 0 Å². The molecule has 0 bridgehead atoms. The topological polar surface area (TPSA) is 125 Å². The van der Waals surface area contributed by atoms with E-state index in [1.165, 1.54) is 0 Å². The second-order valence-electron chi connectivity index (χ2n) is 7.16. The Morgan fingerprint density at radius 2 is 1.28 bits per heavy atom. The summed E-state index contributed by atoms with van der Waals surface area (Å²) in [4.78, 5) is 61.3. The van der Waals surface area contributed by atoms with Gasteiger partial charge >= 0.3 is 0 Å². The van der Waals surface area contributed by atoms with Crippen molar-refractivity contribution >= 4 is 29.5 Å². The number of fused-ring (bicyclic) bond motifs is 1. The average Bonchev–Trinajstić information content (AvgIpc) is 3.06. The lowest BCUT2D eigenvalue weighted by atomic mass is 10.1. The summed E-state index contributed by atoms with van der Waals surface area (Å²) in [5.74, 6) is -1.63. The lowest BCUT2D eigenvalue weighted by Crippen LogP contribution is -2.40. The van der Waals surface area contributed by atoms with Crippen molar-refractivity contribution in [3.8, 4) is 0 Å². The molecule has 3 rings (SSSR count). The number of hydrogen-bond acceptors (Lipinski definition) is 5. The zero-order valence-corrected chi connectivity index (χ0v) is 17.4. The molecule has 0 spiro atoms. The molecule has 0 aliphatic carbocycles. The van der Waals surface area contributed by atoms with Gasteiger partial charge in [0.2, 0.25) is 11.8 Å². The smallest absolute Gasteiger partial charge is 0.261 e. The summed E-state index contributed by atoms with van der Waals surface area (Å²) in [5, 5.41) is 7.78. The molecule has 5 amide bonds. The third-order valence-electron chi connectivity index (χ3n) is 4.88. The minimum atomic E-state index is -0.367. The van der Waals surface area contributed by atoms with Gasteiger partial charge in [-0.15, -0.1) is 0 Å². The van der Waals surface area contributed by atoms with Gasteiger partial charge in [0.05, 0.1) is 17.7 Å². The maximum absolute atomic E-state index is 12.3. The Bertz CT molecular complexity index is 987. The number of nitrogens with one attached hydrogen (secondary N) is 3. The van der Waals surface area contributed by atoms with E-state index >= 15 is 0 Å². The molecular weight excluding hydrogens is 412 g/mol. The number of nitrogens with zero attached hydrogens (tertiary/aromatic N) is 1. The molecule has 0 atom stereocenters. The third-order valence-corrected chi connectivity index (χ3v) is 4.88. The monoisotopic (exact) mass is 436 g/mol. The Labute approximate surface area is 185 Å². The van der Waals surface area contributed by atoms with Gasteiger partial charge in [-0.05, 0) is 30.7 Å². The molecule has 2 aromatic rings. The molecule has 0 saturated heterocycles. The van der Waals surface area contributed by atoms with Gasteiger partial charge in [0.25, 0.3) is 17.7 Å². The first-order valence-corrected chi connectivity index (χ1v) is 10.3. The van der Waals surface area contributed by atoms with Crippen LogP contribution < -0.4 is 16.0 Å². The molecule has 3 N–H and O–H groups in total. The lowest BCUT2D eigenvalue weighted by molar-refractivity contribution is -0.122. The van der Waals surface area contributed by atoms with Crippen LogP contribution in [0.5, 0.6) is 0 Å². The maximum atomic E-state index is 12.3. The molecule has 0 saturated carbocycles. The standard InChI is InChI=1S/C23H24N4O5/c28-19(11-6-14-27-22(31)17-9-4-5-10-18(17)23(27)32)24-12-13-25-20(29)15-26-21(30)16-7-2-1-3-8-16/h1-5,7-10H,6,11-15H2,(H,24,28)(H,25,29)(H,26,30). The van der Waals surface area contributed by atoms with E-state index in [0.717, 1.165) is 4.90 Å². The van der Waals surface area contributed by atoms with Crippen molar-refractivity contribution in [1.29, 1.82) is 0 Å². The first kappa shape index (κ1) is 22.7. The highest BCUT2D eigenvalue weighted by atomic mass is 16.2. The summed E-state index contributed by atoms with van der Waals surface area (Å²) in [7, 11) is 0. The zero-order chi connectivity index (χ0) is 22.9. The number of amides is 5. The number of benzene rings is 2. The van der Waals surface area contributed by atoms with Crippen LogP contribution in [0.1, 0.15) is 43.9 Å². The summed E-state index contributed by atoms with van der Waals surface area (Å²) >= 11 is 0. The first-order chi connectivity index (χ1) is 15.5. The molecule has 32 heavy (non-hydrogen) atoms. The third kappa shape index (κ3) is 5.78. The number of imide groups is 1. The Morgan fingerprint density at radius 3 is 1.91 bits per heavy atom. The van der Waals surface area contributed by atoms with Crippen molar-refractivity contribution in [2.75, 3.05) is 26.2 Å². The van der Waals surface area contributed by atoms with Crippen LogP contribution in [0.3, 0.4) is 0 Å². The second-order valence-corrected chi connectivity index (χ2v) is 7.16. The zero-order valence-electron chi connectivity index (χ0n) is 17.4. The van der Waals surface area contributed by atoms with E-state index in [2.05, 4.69) is 16.0 Å². The summed E-state index contributed by atoms with van der Waals surface area (Å²) in [6.45, 7) is 0.438. The second kappa shape index (κ2) is 10.9. The van der Waals surface area contributed by atoms with Crippen LogP contribution in [-0.2, 0) is 9.59 Å². The fraction of sp³-hybridized carbons (Fsp3) is 0.261. The van der Waals surface area contributed by atoms with E-state index in [-0.39, 0.29) is 62.1 Å². The van der Waals surface area contributed by atoms with E-state index in [9.17, 15) is 24.0 Å². The Morgan fingerprint density at radius 1 is 0.719 bits per heavy atom. The van der Waals surface area contributed by atoms with Crippen molar-refractivity contribution in [3.63, 3.8) is 0 Å². The normalized spacial score (nSPS) is 12.3. The van der Waals surface area contributed by atoms with Gasteiger partial charge in [-0.3, -0.25) is 28.9 Å². The van der Waals surface area contributed by atoms with E-state index in [4.69, 9.17) is 0 Å². The van der Waals surface area contributed by atoms with E-state index in [1.54, 1.807) is 54.6 Å². The van der Waals surface area contributed by atoms with Crippen LogP contribution >= 0.6 is 0 Å². The predicted octanol–water partition coefficient (Wildman–Crippen LogP) is 0.725. The van der Waals surface area contributed by atoms with Gasteiger partial charge in [-0.2, -0.15) is 0 Å². The van der Waals surface area contributed by atoms with Crippen molar-refractivity contribution < 1.29 is 24.0 Å². The summed E-state index contributed by atoms with van der Waals surface area (Å²) < 4.78 is 0. The van der Waals surface area contributed by atoms with Gasteiger partial charge in [0.15, 0.2) is 0 Å². The minimum Gasteiger partial charge on any atom is -0.354 e. The number of hydrogen-bond donors (Lipinski definition) is 3. The van der Waals surface area contributed by atoms with Crippen molar-refractivity contribution in [3.05, 3.63) is 71.3 Å². The van der Waals surface area contributed by atoms with E-state index in [0.29, 0.717) is 23.1 Å². The number of carbonyl (C=O) groups excluding carboxylic acids is 5. The molecule has 9 heteroatoms. The summed E-state index contributed by atoms with van der Waals surface area (Å²) in [5.41, 5.74) is 1.24. The highest BCUT2D eigenvalue weighted by Crippen LogP contribution is 2.22. The van der Waals surface area contributed by atoms with Crippen molar-refractivity contribution in [2.45, 2.75) is 12.8 Å². The highest BCUT2D eigenvalue weighted by Gasteiger charge is 2.34. The van der Waals surface area contributed by atoms with Gasteiger partial charge in [0, 0.05) is 31.6 Å². The van der Waals surface area contributed by atoms with Crippen LogP contribution in [0.2, 0.25) is 0 Å². The maximum Gasteiger partial charge on any atom is 0.261 e.